The van der Waals surface area contributed by atoms with Gasteiger partial charge in [-0.05, 0) is 67.2 Å². The Morgan fingerprint density at radius 1 is 1.00 bits per heavy atom. The molecule has 0 unspecified atom stereocenters. The lowest BCUT2D eigenvalue weighted by Gasteiger charge is -2.35. The van der Waals surface area contributed by atoms with Crippen LogP contribution in [0.5, 0.6) is 5.75 Å². The van der Waals surface area contributed by atoms with Crippen LogP contribution in [0.25, 0.3) is 22.8 Å². The summed E-state index contributed by atoms with van der Waals surface area (Å²) in [6, 6.07) is 15.7. The molecule has 1 fully saturated rings. The van der Waals surface area contributed by atoms with Crippen molar-refractivity contribution in [1.82, 2.24) is 15.0 Å². The van der Waals surface area contributed by atoms with Crippen LogP contribution in [-0.4, -0.2) is 60.3 Å². The Morgan fingerprint density at radius 2 is 1.73 bits per heavy atom. The molecule has 1 aromatic heterocycles. The van der Waals surface area contributed by atoms with Gasteiger partial charge in [0.15, 0.2) is 6.61 Å². The minimum absolute atomic E-state index is 0.0142. The Kier molecular flexibility index (Phi) is 8.20. The van der Waals surface area contributed by atoms with E-state index in [4.69, 9.17) is 9.26 Å². The van der Waals surface area contributed by atoms with Gasteiger partial charge in [0.05, 0.1) is 11.3 Å². The number of aromatic nitrogens is 2. The number of hydrogen-bond acceptors (Lipinski definition) is 7. The van der Waals surface area contributed by atoms with Crippen molar-refractivity contribution in [2.24, 2.45) is 0 Å². The van der Waals surface area contributed by atoms with Gasteiger partial charge in [0, 0.05) is 43.0 Å². The summed E-state index contributed by atoms with van der Waals surface area (Å²) in [6.45, 7) is 5.99. The van der Waals surface area contributed by atoms with Crippen LogP contribution in [0.15, 0.2) is 71.3 Å². The van der Waals surface area contributed by atoms with E-state index in [9.17, 15) is 22.4 Å². The molecule has 1 amide bonds. The minimum Gasteiger partial charge on any atom is -0.484 e. The number of carbonyl (C=O) groups is 1. The number of benzene rings is 3. The molecule has 8 nitrogen and oxygen atoms in total. The fraction of sp³-hybridized carbons (Fsp3) is 0.276. The summed E-state index contributed by atoms with van der Waals surface area (Å²) in [4.78, 5) is 20.9. The molecule has 1 saturated heterocycles. The van der Waals surface area contributed by atoms with E-state index in [1.54, 1.807) is 36.4 Å². The number of alkyl halides is 3. The predicted octanol–water partition coefficient (Wildman–Crippen LogP) is 5.72. The van der Waals surface area contributed by atoms with E-state index < -0.39 is 24.3 Å². The van der Waals surface area contributed by atoms with Gasteiger partial charge in [0.1, 0.15) is 11.6 Å². The van der Waals surface area contributed by atoms with Crippen LogP contribution in [0.2, 0.25) is 0 Å². The summed E-state index contributed by atoms with van der Waals surface area (Å²) in [6.07, 6.45) is -4.51. The molecule has 214 valence electrons. The van der Waals surface area contributed by atoms with Gasteiger partial charge in [0.2, 0.25) is 5.82 Å². The highest BCUT2D eigenvalue weighted by molar-refractivity contribution is 5.92. The smallest absolute Gasteiger partial charge is 0.416 e. The molecule has 1 aliphatic heterocycles. The fourth-order valence-corrected chi connectivity index (χ4v) is 4.48. The zero-order valence-corrected chi connectivity index (χ0v) is 22.1. The van der Waals surface area contributed by atoms with Crippen molar-refractivity contribution in [1.29, 1.82) is 0 Å². The molecule has 4 aromatic rings. The maximum atomic E-state index is 15.0. The fourth-order valence-electron chi connectivity index (χ4n) is 4.48. The first-order valence-corrected chi connectivity index (χ1v) is 13.0. The normalized spacial score (nSPS) is 14.2. The summed E-state index contributed by atoms with van der Waals surface area (Å²) < 4.78 is 64.4. The van der Waals surface area contributed by atoms with E-state index in [0.717, 1.165) is 44.9 Å². The number of piperazine rings is 1. The second-order valence-electron chi connectivity index (χ2n) is 9.45. The molecule has 0 aliphatic carbocycles. The molecule has 2 heterocycles. The van der Waals surface area contributed by atoms with Crippen LogP contribution in [0.4, 0.5) is 28.9 Å². The van der Waals surface area contributed by atoms with E-state index in [2.05, 4.69) is 27.3 Å². The van der Waals surface area contributed by atoms with Crippen molar-refractivity contribution in [2.45, 2.75) is 13.1 Å². The summed E-state index contributed by atoms with van der Waals surface area (Å²) in [5.41, 5.74) is 0.766. The van der Waals surface area contributed by atoms with Crippen molar-refractivity contribution in [3.05, 3.63) is 78.1 Å². The lowest BCUT2D eigenvalue weighted by Crippen LogP contribution is -2.46. The zero-order valence-electron chi connectivity index (χ0n) is 22.1. The maximum absolute atomic E-state index is 15.0. The second kappa shape index (κ2) is 12.0. The summed E-state index contributed by atoms with van der Waals surface area (Å²) in [5.74, 6) is -0.152. The molecule has 3 aromatic carbocycles. The number of hydrogen-bond donors (Lipinski definition) is 1. The monoisotopic (exact) mass is 569 g/mol. The molecule has 0 saturated carbocycles. The van der Waals surface area contributed by atoms with Gasteiger partial charge in [0.25, 0.3) is 11.8 Å². The predicted molar refractivity (Wildman–Crippen MR) is 145 cm³/mol. The zero-order chi connectivity index (χ0) is 29.0. The average molecular weight is 570 g/mol. The molecule has 12 heteroatoms. The van der Waals surface area contributed by atoms with Crippen LogP contribution < -0.4 is 15.0 Å². The third-order valence-corrected chi connectivity index (χ3v) is 6.74. The number of carbonyl (C=O) groups excluding carboxylic acids is 1. The number of amides is 1. The molecule has 1 N–H and O–H groups in total. The summed E-state index contributed by atoms with van der Waals surface area (Å²) >= 11 is 0. The number of ether oxygens (including phenoxy) is 1. The Balaban J connectivity index is 1.17. The minimum atomic E-state index is -4.51. The van der Waals surface area contributed by atoms with Crippen molar-refractivity contribution in [3.8, 4) is 28.6 Å². The van der Waals surface area contributed by atoms with Crippen molar-refractivity contribution in [3.63, 3.8) is 0 Å². The molecule has 5 rings (SSSR count). The van der Waals surface area contributed by atoms with Crippen molar-refractivity contribution in [2.75, 3.05) is 49.5 Å². The largest absolute Gasteiger partial charge is 0.484 e. The van der Waals surface area contributed by atoms with E-state index >= 15 is 0 Å². The van der Waals surface area contributed by atoms with Crippen LogP contribution in [0.1, 0.15) is 12.5 Å². The number of rotatable bonds is 8. The summed E-state index contributed by atoms with van der Waals surface area (Å²) in [5, 5.41) is 6.36. The number of halogens is 4. The van der Waals surface area contributed by atoms with E-state index in [1.807, 2.05) is 4.90 Å². The number of nitrogens with zero attached hydrogens (tertiary/aromatic N) is 4. The first-order chi connectivity index (χ1) is 19.7. The van der Waals surface area contributed by atoms with Gasteiger partial charge in [-0.1, -0.05) is 18.1 Å². The topological polar surface area (TPSA) is 83.7 Å². The first kappa shape index (κ1) is 28.1. The number of likely N-dealkylation sites (N-methyl/N-ethyl adjacent to an activating group) is 1. The molecular formula is C29H27F4N5O3. The van der Waals surface area contributed by atoms with E-state index in [0.29, 0.717) is 22.6 Å². The molecular weight excluding hydrogens is 542 g/mol. The van der Waals surface area contributed by atoms with Gasteiger partial charge in [-0.2, -0.15) is 18.2 Å². The molecule has 0 spiro atoms. The van der Waals surface area contributed by atoms with Crippen LogP contribution >= 0.6 is 0 Å². The van der Waals surface area contributed by atoms with Crippen LogP contribution in [0.3, 0.4) is 0 Å². The van der Waals surface area contributed by atoms with Crippen LogP contribution in [0, 0.1) is 5.82 Å². The molecule has 1 aliphatic rings. The quantitative estimate of drug-likeness (QED) is 0.272. The average Bonchev–Trinajstić information content (AvgIpc) is 3.47. The van der Waals surface area contributed by atoms with Gasteiger partial charge in [-0.15, -0.1) is 0 Å². The third-order valence-electron chi connectivity index (χ3n) is 6.74. The SMILES string of the molecule is CCN1CCN(c2ccc(-c3noc(-c4ccc(OCC(=O)Nc5cccc(C(F)(F)F)c5)cc4)n3)cc2F)CC1. The molecule has 0 radical (unpaired) electrons. The number of nitrogens with one attached hydrogen (secondary N) is 1. The Bertz CT molecular complexity index is 1500. The van der Waals surface area contributed by atoms with Gasteiger partial charge < -0.3 is 24.4 Å². The lowest BCUT2D eigenvalue weighted by molar-refractivity contribution is -0.137. The van der Waals surface area contributed by atoms with Gasteiger partial charge >= 0.3 is 6.18 Å². The molecule has 41 heavy (non-hydrogen) atoms. The first-order valence-electron chi connectivity index (χ1n) is 13.0. The Morgan fingerprint density at radius 3 is 2.41 bits per heavy atom. The van der Waals surface area contributed by atoms with E-state index in [-0.39, 0.29) is 23.2 Å². The highest BCUT2D eigenvalue weighted by Gasteiger charge is 2.30. The second-order valence-corrected chi connectivity index (χ2v) is 9.45. The summed E-state index contributed by atoms with van der Waals surface area (Å²) in [7, 11) is 0. The molecule has 0 atom stereocenters. The lowest BCUT2D eigenvalue weighted by atomic mass is 10.1. The number of anilines is 2. The third kappa shape index (κ3) is 6.83. The Hall–Kier alpha value is -4.45. The highest BCUT2D eigenvalue weighted by atomic mass is 19.4. The standard InChI is InChI=1S/C29H27F4N5O3/c1-2-37-12-14-38(15-13-37)25-11-8-20(16-24(25)30)27-35-28(41-36-27)19-6-9-23(10-7-19)40-18-26(39)34-22-5-3-4-21(17-22)29(31,32)33/h3-11,16-17H,2,12-15,18H2,1H3,(H,34,39). The van der Waals surface area contributed by atoms with Gasteiger partial charge in [-0.25, -0.2) is 4.39 Å². The Labute approximate surface area is 233 Å². The van der Waals surface area contributed by atoms with Crippen molar-refractivity contribution < 1.29 is 31.6 Å². The van der Waals surface area contributed by atoms with Crippen molar-refractivity contribution >= 4 is 17.3 Å². The van der Waals surface area contributed by atoms with Crippen LogP contribution in [-0.2, 0) is 11.0 Å². The maximum Gasteiger partial charge on any atom is 0.416 e. The highest BCUT2D eigenvalue weighted by Crippen LogP contribution is 2.31. The van der Waals surface area contributed by atoms with Gasteiger partial charge in [-0.3, -0.25) is 4.79 Å². The van der Waals surface area contributed by atoms with E-state index in [1.165, 1.54) is 18.2 Å². The molecule has 0 bridgehead atoms.